The Morgan fingerprint density at radius 2 is 2.31 bits per heavy atom. The molecule has 2 N–H and O–H groups in total. The van der Waals surface area contributed by atoms with Crippen molar-refractivity contribution in [2.45, 2.75) is 6.54 Å². The monoisotopic (exact) mass is 240 g/mol. The molecule has 0 saturated carbocycles. The van der Waals surface area contributed by atoms with Crippen molar-refractivity contribution in [2.75, 3.05) is 7.11 Å². The van der Waals surface area contributed by atoms with Gasteiger partial charge in [0.2, 0.25) is 0 Å². The van der Waals surface area contributed by atoms with Crippen LogP contribution in [0.1, 0.15) is 11.1 Å². The van der Waals surface area contributed by atoms with Crippen LogP contribution >= 0.6 is 15.9 Å². The lowest BCUT2D eigenvalue weighted by Crippen LogP contribution is -2.02. The largest absolute Gasteiger partial charge is 0.495 e. The quantitative estimate of drug-likeness (QED) is 0.858. The number of methoxy groups -OCH3 is 1. The molecular weight excluding hydrogens is 232 g/mol. The average Bonchev–Trinajstić information content (AvgIpc) is 2.17. The number of hydrogen-bond acceptors (Lipinski definition) is 3. The predicted octanol–water partition coefficient (Wildman–Crippen LogP) is 1.79. The number of halogens is 1. The first-order chi connectivity index (χ1) is 6.24. The molecule has 0 atom stereocenters. The van der Waals surface area contributed by atoms with Gasteiger partial charge in [0.15, 0.2) is 0 Å². The van der Waals surface area contributed by atoms with Crippen LogP contribution in [0.4, 0.5) is 0 Å². The van der Waals surface area contributed by atoms with Gasteiger partial charge in [0.05, 0.1) is 12.7 Å². The van der Waals surface area contributed by atoms with E-state index in [2.05, 4.69) is 22.0 Å². The van der Waals surface area contributed by atoms with Gasteiger partial charge in [-0.3, -0.25) is 0 Å². The number of hydrogen-bond donors (Lipinski definition) is 1. The molecule has 0 aromatic heterocycles. The summed E-state index contributed by atoms with van der Waals surface area (Å²) in [7, 11) is 1.53. The standard InChI is InChI=1S/C9H9BrN2O/c1-13-9-3-2-8(10)6(4-11)7(9)5-12/h2-3H,4,11H2,1H3. The van der Waals surface area contributed by atoms with Crippen LogP contribution in [0.2, 0.25) is 0 Å². The minimum absolute atomic E-state index is 0.320. The van der Waals surface area contributed by atoms with Gasteiger partial charge in [-0.05, 0) is 12.1 Å². The van der Waals surface area contributed by atoms with E-state index in [-0.39, 0.29) is 0 Å². The molecule has 0 spiro atoms. The molecule has 13 heavy (non-hydrogen) atoms. The Labute approximate surface area is 85.2 Å². The zero-order chi connectivity index (χ0) is 9.84. The fourth-order valence-corrected chi connectivity index (χ4v) is 1.59. The Hall–Kier alpha value is -1.05. The van der Waals surface area contributed by atoms with Gasteiger partial charge in [-0.25, -0.2) is 0 Å². The van der Waals surface area contributed by atoms with Crippen molar-refractivity contribution >= 4 is 15.9 Å². The van der Waals surface area contributed by atoms with E-state index in [1.165, 1.54) is 7.11 Å². The van der Waals surface area contributed by atoms with E-state index in [9.17, 15) is 0 Å². The molecule has 0 unspecified atom stereocenters. The molecule has 1 aromatic rings. The normalized spacial score (nSPS) is 9.38. The zero-order valence-corrected chi connectivity index (χ0v) is 8.76. The van der Waals surface area contributed by atoms with Crippen LogP contribution in [-0.2, 0) is 6.54 Å². The molecule has 0 fully saturated rings. The second-order valence-corrected chi connectivity index (χ2v) is 3.27. The summed E-state index contributed by atoms with van der Waals surface area (Å²) >= 11 is 3.32. The van der Waals surface area contributed by atoms with Crippen molar-refractivity contribution in [2.24, 2.45) is 5.73 Å². The second-order valence-electron chi connectivity index (χ2n) is 2.42. The first kappa shape index (κ1) is 10.0. The van der Waals surface area contributed by atoms with Crippen LogP contribution in [0.3, 0.4) is 0 Å². The summed E-state index contributed by atoms with van der Waals surface area (Å²) in [5.74, 6) is 0.561. The topological polar surface area (TPSA) is 59.0 Å². The predicted molar refractivity (Wildman–Crippen MR) is 53.3 cm³/mol. The minimum Gasteiger partial charge on any atom is -0.495 e. The van der Waals surface area contributed by atoms with Crippen LogP contribution in [0, 0.1) is 11.3 Å². The lowest BCUT2D eigenvalue weighted by atomic mass is 10.1. The summed E-state index contributed by atoms with van der Waals surface area (Å²) in [5.41, 5.74) is 6.79. The first-order valence-corrected chi connectivity index (χ1v) is 4.49. The first-order valence-electron chi connectivity index (χ1n) is 3.70. The highest BCUT2D eigenvalue weighted by Crippen LogP contribution is 2.27. The fourth-order valence-electron chi connectivity index (χ4n) is 1.09. The summed E-state index contributed by atoms with van der Waals surface area (Å²) in [6, 6.07) is 5.63. The molecule has 0 aliphatic carbocycles. The Balaban J connectivity index is 3.39. The van der Waals surface area contributed by atoms with Crippen LogP contribution in [0.5, 0.6) is 5.75 Å². The molecule has 3 nitrogen and oxygen atoms in total. The van der Waals surface area contributed by atoms with Gasteiger partial charge in [0, 0.05) is 16.6 Å². The van der Waals surface area contributed by atoms with Crippen molar-refractivity contribution in [3.63, 3.8) is 0 Å². The summed E-state index contributed by atoms with van der Waals surface area (Å²) in [4.78, 5) is 0. The zero-order valence-electron chi connectivity index (χ0n) is 7.17. The molecule has 0 radical (unpaired) electrons. The van der Waals surface area contributed by atoms with E-state index in [0.29, 0.717) is 17.9 Å². The molecule has 0 saturated heterocycles. The van der Waals surface area contributed by atoms with Crippen molar-refractivity contribution in [1.29, 1.82) is 5.26 Å². The maximum Gasteiger partial charge on any atom is 0.137 e. The van der Waals surface area contributed by atoms with Crippen molar-refractivity contribution in [1.82, 2.24) is 0 Å². The van der Waals surface area contributed by atoms with Crippen LogP contribution < -0.4 is 10.5 Å². The maximum absolute atomic E-state index is 8.88. The van der Waals surface area contributed by atoms with E-state index in [4.69, 9.17) is 15.7 Å². The van der Waals surface area contributed by atoms with Crippen molar-refractivity contribution in [3.05, 3.63) is 27.7 Å². The Morgan fingerprint density at radius 3 is 2.77 bits per heavy atom. The molecule has 0 amide bonds. The highest BCUT2D eigenvalue weighted by Gasteiger charge is 2.10. The number of nitrogens with zero attached hydrogens (tertiary/aromatic N) is 1. The summed E-state index contributed by atoms with van der Waals surface area (Å²) in [6.45, 7) is 0.320. The van der Waals surface area contributed by atoms with Crippen LogP contribution in [0.15, 0.2) is 16.6 Å². The van der Waals surface area contributed by atoms with Crippen LogP contribution in [0.25, 0.3) is 0 Å². The fraction of sp³-hybridized carbons (Fsp3) is 0.222. The second kappa shape index (κ2) is 4.26. The smallest absolute Gasteiger partial charge is 0.137 e. The molecule has 0 bridgehead atoms. The van der Waals surface area contributed by atoms with Crippen molar-refractivity contribution < 1.29 is 4.74 Å². The highest BCUT2D eigenvalue weighted by atomic mass is 79.9. The Kier molecular flexibility index (Phi) is 3.29. The third kappa shape index (κ3) is 1.82. The average molecular weight is 241 g/mol. The van der Waals surface area contributed by atoms with Gasteiger partial charge in [0.1, 0.15) is 11.8 Å². The SMILES string of the molecule is COc1ccc(Br)c(CN)c1C#N. The minimum atomic E-state index is 0.320. The van der Waals surface area contributed by atoms with Gasteiger partial charge in [-0.15, -0.1) is 0 Å². The summed E-state index contributed by atoms with van der Waals surface area (Å²) in [6.07, 6.45) is 0. The number of nitriles is 1. The van der Waals surface area contributed by atoms with Gasteiger partial charge in [0.25, 0.3) is 0 Å². The third-order valence-corrected chi connectivity index (χ3v) is 2.50. The molecule has 0 aliphatic rings. The van der Waals surface area contributed by atoms with Gasteiger partial charge in [-0.1, -0.05) is 15.9 Å². The van der Waals surface area contributed by atoms with Gasteiger partial charge >= 0.3 is 0 Å². The molecule has 1 rings (SSSR count). The Morgan fingerprint density at radius 1 is 1.62 bits per heavy atom. The lowest BCUT2D eigenvalue weighted by Gasteiger charge is -2.08. The van der Waals surface area contributed by atoms with E-state index in [1.54, 1.807) is 6.07 Å². The number of nitrogens with two attached hydrogens (primary N) is 1. The third-order valence-electron chi connectivity index (χ3n) is 1.75. The number of ether oxygens (including phenoxy) is 1. The molecular formula is C9H9BrN2O. The highest BCUT2D eigenvalue weighted by molar-refractivity contribution is 9.10. The van der Waals surface area contributed by atoms with Gasteiger partial charge in [-0.2, -0.15) is 5.26 Å². The van der Waals surface area contributed by atoms with E-state index in [1.807, 2.05) is 6.07 Å². The summed E-state index contributed by atoms with van der Waals surface area (Å²) in [5, 5.41) is 8.88. The van der Waals surface area contributed by atoms with E-state index < -0.39 is 0 Å². The summed E-state index contributed by atoms with van der Waals surface area (Å²) < 4.78 is 5.87. The maximum atomic E-state index is 8.88. The molecule has 0 aliphatic heterocycles. The molecule has 68 valence electrons. The van der Waals surface area contributed by atoms with E-state index >= 15 is 0 Å². The molecule has 4 heteroatoms. The molecule has 0 heterocycles. The van der Waals surface area contributed by atoms with Gasteiger partial charge < -0.3 is 10.5 Å². The van der Waals surface area contributed by atoms with E-state index in [0.717, 1.165) is 10.0 Å². The lowest BCUT2D eigenvalue weighted by molar-refractivity contribution is 0.413. The van der Waals surface area contributed by atoms with Crippen LogP contribution in [-0.4, -0.2) is 7.11 Å². The molecule has 1 aromatic carbocycles. The Bertz CT molecular complexity index is 357. The number of rotatable bonds is 2. The number of benzene rings is 1. The van der Waals surface area contributed by atoms with Crippen molar-refractivity contribution in [3.8, 4) is 11.8 Å².